The number of aliphatic hydroxyl groups excluding tert-OH is 1. The molecule has 2 aromatic heterocycles. The van der Waals surface area contributed by atoms with E-state index in [0.29, 0.717) is 5.95 Å². The summed E-state index contributed by atoms with van der Waals surface area (Å²) >= 11 is 1.59. The summed E-state index contributed by atoms with van der Waals surface area (Å²) in [6.07, 6.45) is 1.16. The van der Waals surface area contributed by atoms with Gasteiger partial charge in [0.15, 0.2) is 0 Å². The van der Waals surface area contributed by atoms with Crippen LogP contribution in [0.1, 0.15) is 6.42 Å². The second kappa shape index (κ2) is 4.47. The molecule has 0 spiro atoms. The highest BCUT2D eigenvalue weighted by Gasteiger charge is 2.30. The van der Waals surface area contributed by atoms with Gasteiger partial charge >= 0.3 is 0 Å². The number of rotatable bonds is 2. The molecule has 3 heterocycles. The highest BCUT2D eigenvalue weighted by molar-refractivity contribution is 7.13. The Morgan fingerprint density at radius 3 is 3.00 bits per heavy atom. The molecule has 5 nitrogen and oxygen atoms in total. The lowest BCUT2D eigenvalue weighted by molar-refractivity contribution is -0.117. The first-order valence-electron chi connectivity index (χ1n) is 5.59. The molecule has 1 fully saturated rings. The van der Waals surface area contributed by atoms with Gasteiger partial charge < -0.3 is 5.11 Å². The predicted octanol–water partition coefficient (Wildman–Crippen LogP) is 1.30. The summed E-state index contributed by atoms with van der Waals surface area (Å²) in [6.45, 7) is 0.271. The number of nitrogens with zero attached hydrogens (tertiary/aromatic N) is 3. The Bertz CT molecular complexity index is 570. The summed E-state index contributed by atoms with van der Waals surface area (Å²) in [7, 11) is 0. The van der Waals surface area contributed by atoms with Gasteiger partial charge in [0.05, 0.1) is 29.6 Å². The summed E-state index contributed by atoms with van der Waals surface area (Å²) in [5, 5.41) is 11.4. The standard InChI is InChI=1S/C12H11N3O2S/c16-8-6-11(17)15(7-8)12-13-4-3-9(14-12)10-2-1-5-18-10/h1-5,8,16H,6-7H2. The van der Waals surface area contributed by atoms with E-state index < -0.39 is 6.10 Å². The summed E-state index contributed by atoms with van der Waals surface area (Å²) in [6, 6.07) is 5.73. The van der Waals surface area contributed by atoms with Gasteiger partial charge in [0.25, 0.3) is 0 Å². The maximum absolute atomic E-state index is 11.7. The average molecular weight is 261 g/mol. The molecule has 1 N–H and O–H groups in total. The summed E-state index contributed by atoms with van der Waals surface area (Å²) < 4.78 is 0. The van der Waals surface area contributed by atoms with E-state index in [-0.39, 0.29) is 18.9 Å². The van der Waals surface area contributed by atoms with Crippen molar-refractivity contribution >= 4 is 23.2 Å². The molecule has 0 aliphatic carbocycles. The van der Waals surface area contributed by atoms with Gasteiger partial charge in [-0.2, -0.15) is 0 Å². The Hall–Kier alpha value is -1.79. The van der Waals surface area contributed by atoms with Crippen molar-refractivity contribution in [2.24, 2.45) is 0 Å². The third-order valence-corrected chi connectivity index (χ3v) is 3.65. The number of hydrogen-bond acceptors (Lipinski definition) is 5. The minimum Gasteiger partial charge on any atom is -0.391 e. The summed E-state index contributed by atoms with van der Waals surface area (Å²) in [5.74, 6) is 0.230. The fourth-order valence-electron chi connectivity index (χ4n) is 1.92. The molecule has 0 radical (unpaired) electrons. The van der Waals surface area contributed by atoms with Crippen LogP contribution in [0.15, 0.2) is 29.8 Å². The Morgan fingerprint density at radius 2 is 2.33 bits per heavy atom. The maximum Gasteiger partial charge on any atom is 0.232 e. The Morgan fingerprint density at radius 1 is 1.44 bits per heavy atom. The Kier molecular flexibility index (Phi) is 2.81. The zero-order chi connectivity index (χ0) is 12.5. The normalized spacial score (nSPS) is 19.5. The van der Waals surface area contributed by atoms with Gasteiger partial charge in [-0.1, -0.05) is 6.07 Å². The van der Waals surface area contributed by atoms with Crippen LogP contribution in [0.3, 0.4) is 0 Å². The van der Waals surface area contributed by atoms with E-state index in [1.54, 1.807) is 17.5 Å². The van der Waals surface area contributed by atoms with Gasteiger partial charge in [0.1, 0.15) is 0 Å². The zero-order valence-corrected chi connectivity index (χ0v) is 10.3. The molecule has 1 amide bonds. The Labute approximate surface area is 108 Å². The van der Waals surface area contributed by atoms with E-state index >= 15 is 0 Å². The molecule has 0 saturated carbocycles. The van der Waals surface area contributed by atoms with Crippen LogP contribution in [0.5, 0.6) is 0 Å². The van der Waals surface area contributed by atoms with Crippen molar-refractivity contribution in [2.45, 2.75) is 12.5 Å². The first-order chi connectivity index (χ1) is 8.74. The topological polar surface area (TPSA) is 66.3 Å². The molecule has 2 aromatic rings. The fraction of sp³-hybridized carbons (Fsp3) is 0.250. The number of carbonyl (C=O) groups excluding carboxylic acids is 1. The van der Waals surface area contributed by atoms with Crippen LogP contribution in [0.2, 0.25) is 0 Å². The lowest BCUT2D eigenvalue weighted by Gasteiger charge is -2.13. The summed E-state index contributed by atoms with van der Waals surface area (Å²) in [5.41, 5.74) is 0.796. The molecular weight excluding hydrogens is 250 g/mol. The molecule has 3 rings (SSSR count). The van der Waals surface area contributed by atoms with Crippen molar-refractivity contribution in [1.82, 2.24) is 9.97 Å². The SMILES string of the molecule is O=C1CC(O)CN1c1nccc(-c2cccs2)n1. The van der Waals surface area contributed by atoms with Crippen LogP contribution in [0.4, 0.5) is 5.95 Å². The van der Waals surface area contributed by atoms with Crippen molar-refractivity contribution in [2.75, 3.05) is 11.4 Å². The van der Waals surface area contributed by atoms with Gasteiger partial charge in [-0.3, -0.25) is 9.69 Å². The van der Waals surface area contributed by atoms with E-state index in [4.69, 9.17) is 0 Å². The van der Waals surface area contributed by atoms with Crippen LogP contribution in [0.25, 0.3) is 10.6 Å². The number of anilines is 1. The van der Waals surface area contributed by atoms with Crippen molar-refractivity contribution in [3.05, 3.63) is 29.8 Å². The molecule has 0 aromatic carbocycles. The van der Waals surface area contributed by atoms with Gasteiger partial charge in [-0.25, -0.2) is 9.97 Å². The van der Waals surface area contributed by atoms with Crippen LogP contribution in [0, 0.1) is 0 Å². The second-order valence-electron chi connectivity index (χ2n) is 4.08. The van der Waals surface area contributed by atoms with Crippen molar-refractivity contribution < 1.29 is 9.90 Å². The van der Waals surface area contributed by atoms with Crippen LogP contribution >= 0.6 is 11.3 Å². The van der Waals surface area contributed by atoms with Crippen LogP contribution in [-0.2, 0) is 4.79 Å². The molecule has 1 aliphatic heterocycles. The smallest absolute Gasteiger partial charge is 0.232 e. The van der Waals surface area contributed by atoms with Gasteiger partial charge in [-0.05, 0) is 17.5 Å². The second-order valence-corrected chi connectivity index (χ2v) is 5.03. The van der Waals surface area contributed by atoms with Crippen molar-refractivity contribution in [3.8, 4) is 10.6 Å². The van der Waals surface area contributed by atoms with E-state index in [9.17, 15) is 9.90 Å². The van der Waals surface area contributed by atoms with Gasteiger partial charge in [-0.15, -0.1) is 11.3 Å². The van der Waals surface area contributed by atoms with E-state index in [0.717, 1.165) is 10.6 Å². The third-order valence-electron chi connectivity index (χ3n) is 2.76. The monoisotopic (exact) mass is 261 g/mol. The predicted molar refractivity (Wildman–Crippen MR) is 68.3 cm³/mol. The van der Waals surface area contributed by atoms with Gasteiger partial charge in [0.2, 0.25) is 11.9 Å². The largest absolute Gasteiger partial charge is 0.391 e. The van der Waals surface area contributed by atoms with Crippen LogP contribution < -0.4 is 4.90 Å². The molecule has 1 saturated heterocycles. The third kappa shape index (κ3) is 2.00. The van der Waals surface area contributed by atoms with E-state index in [1.807, 2.05) is 23.6 Å². The number of amides is 1. The molecule has 1 unspecified atom stereocenters. The minimum absolute atomic E-state index is 0.133. The lowest BCUT2D eigenvalue weighted by Crippen LogP contribution is -2.27. The van der Waals surface area contributed by atoms with Gasteiger partial charge in [0, 0.05) is 6.20 Å². The highest BCUT2D eigenvalue weighted by Crippen LogP contribution is 2.25. The lowest BCUT2D eigenvalue weighted by atomic mass is 10.3. The molecule has 92 valence electrons. The number of aromatic nitrogens is 2. The van der Waals surface area contributed by atoms with Crippen molar-refractivity contribution in [1.29, 1.82) is 0 Å². The molecule has 1 atom stereocenters. The number of hydrogen-bond donors (Lipinski definition) is 1. The molecule has 18 heavy (non-hydrogen) atoms. The molecule has 6 heteroatoms. The number of thiophene rings is 1. The number of β-amino-alcohol motifs (C(OH)–C–C–N with tert-alkyl or cyclic N) is 1. The van der Waals surface area contributed by atoms with E-state index in [2.05, 4.69) is 9.97 Å². The molecular formula is C12H11N3O2S. The number of carbonyl (C=O) groups is 1. The number of aliphatic hydroxyl groups is 1. The minimum atomic E-state index is -0.619. The van der Waals surface area contributed by atoms with E-state index in [1.165, 1.54) is 4.90 Å². The molecule has 1 aliphatic rings. The average Bonchev–Trinajstić information content (AvgIpc) is 2.99. The zero-order valence-electron chi connectivity index (χ0n) is 9.48. The van der Waals surface area contributed by atoms with Crippen molar-refractivity contribution in [3.63, 3.8) is 0 Å². The first-order valence-corrected chi connectivity index (χ1v) is 6.47. The first kappa shape index (κ1) is 11.3. The summed E-state index contributed by atoms with van der Waals surface area (Å²) in [4.78, 5) is 22.6. The molecule has 0 bridgehead atoms. The fourth-order valence-corrected chi connectivity index (χ4v) is 2.62. The Balaban J connectivity index is 1.94. The maximum atomic E-state index is 11.7. The quantitative estimate of drug-likeness (QED) is 0.885. The highest BCUT2D eigenvalue weighted by atomic mass is 32.1. The van der Waals surface area contributed by atoms with Crippen LogP contribution in [-0.4, -0.2) is 33.6 Å².